The van der Waals surface area contributed by atoms with Crippen LogP contribution in [0.3, 0.4) is 0 Å². The van der Waals surface area contributed by atoms with Crippen LogP contribution < -0.4 is 44.2 Å². The van der Waals surface area contributed by atoms with Gasteiger partial charge in [0.2, 0.25) is 17.7 Å². The molecule has 4 aliphatic carbocycles. The average Bonchev–Trinajstić information content (AvgIpc) is 3.58. The number of nitrogens with zero attached hydrogens (tertiary/aromatic N) is 2. The van der Waals surface area contributed by atoms with Crippen LogP contribution in [0.2, 0.25) is 0 Å². The van der Waals surface area contributed by atoms with Crippen molar-refractivity contribution in [1.29, 1.82) is 0 Å². The van der Waals surface area contributed by atoms with Gasteiger partial charge in [-0.2, -0.15) is 0 Å². The molecule has 0 aromatic rings. The number of hydrogen-bond acceptors (Lipinski definition) is 9. The molecule has 0 aromatic carbocycles. The summed E-state index contributed by atoms with van der Waals surface area (Å²) in [5.74, 6) is 3.12. The van der Waals surface area contributed by atoms with Gasteiger partial charge in [0.15, 0.2) is 11.9 Å². The van der Waals surface area contributed by atoms with E-state index in [1.165, 1.54) is 56.9 Å². The second-order valence-electron chi connectivity index (χ2n) is 19.4. The van der Waals surface area contributed by atoms with E-state index in [0.29, 0.717) is 31.3 Å². The number of rotatable bonds is 26. The number of carbonyl (C=O) groups excluding carboxylic acids is 4. The number of amides is 4. The van der Waals surface area contributed by atoms with Gasteiger partial charge in [-0.15, -0.1) is 0 Å². The van der Waals surface area contributed by atoms with E-state index in [0.717, 1.165) is 54.8 Å². The predicted octanol–water partition coefficient (Wildman–Crippen LogP) is 3.59. The number of guanidine groups is 2. The molecule has 4 amide bonds. The summed E-state index contributed by atoms with van der Waals surface area (Å²) in [6.45, 7) is 14.0. The minimum absolute atomic E-state index is 0.0412. The Morgan fingerprint density at radius 2 is 1.48 bits per heavy atom. The maximum Gasteiger partial charge on any atom is 0.407 e. The first-order valence-electron chi connectivity index (χ1n) is 23.8. The maximum absolute atomic E-state index is 12.9. The van der Waals surface area contributed by atoms with E-state index in [2.05, 4.69) is 71.9 Å². The highest BCUT2D eigenvalue weighted by molar-refractivity contribution is 5.92. The number of nitrogens with one attached hydrogen (secondary N) is 4. The highest BCUT2D eigenvalue weighted by Gasteiger charge is 2.59. The molecule has 17 heteroatoms. The van der Waals surface area contributed by atoms with Gasteiger partial charge in [0, 0.05) is 39.1 Å². The Morgan fingerprint density at radius 3 is 2.17 bits per heavy atom. The van der Waals surface area contributed by atoms with Gasteiger partial charge in [0.05, 0.1) is 26.2 Å². The van der Waals surface area contributed by atoms with Gasteiger partial charge >= 0.3 is 6.09 Å². The van der Waals surface area contributed by atoms with Crippen molar-refractivity contribution >= 4 is 35.7 Å². The summed E-state index contributed by atoms with van der Waals surface area (Å²) in [7, 11) is 0. The molecule has 9 unspecified atom stereocenters. The zero-order valence-electron chi connectivity index (χ0n) is 39.0. The van der Waals surface area contributed by atoms with E-state index in [1.54, 1.807) is 0 Å². The van der Waals surface area contributed by atoms with E-state index < -0.39 is 29.9 Å². The molecule has 12 N–H and O–H groups in total. The normalized spacial score (nSPS) is 27.0. The Balaban J connectivity index is 1.11. The van der Waals surface area contributed by atoms with Gasteiger partial charge in [-0.3, -0.25) is 24.4 Å². The number of hydrogen-bond donors (Lipinski definition) is 8. The fourth-order valence-electron chi connectivity index (χ4n) is 11.4. The summed E-state index contributed by atoms with van der Waals surface area (Å²) in [5, 5.41) is 10.8. The zero-order chi connectivity index (χ0) is 46.0. The number of carbonyl (C=O) groups is 4. The molecular weight excluding hydrogens is 805 g/mol. The number of ether oxygens (including phenoxy) is 3. The average molecular weight is 887 g/mol. The van der Waals surface area contributed by atoms with E-state index in [-0.39, 0.29) is 75.9 Å². The molecule has 4 rings (SSSR count). The van der Waals surface area contributed by atoms with Crippen LogP contribution in [0, 0.1) is 46.3 Å². The minimum atomic E-state index is -1.14. The Bertz CT molecular complexity index is 1580. The van der Waals surface area contributed by atoms with Gasteiger partial charge in [-0.25, -0.2) is 4.79 Å². The lowest BCUT2D eigenvalue weighted by Crippen LogP contribution is -2.51. The molecule has 0 spiro atoms. The Hall–Kier alpha value is -4.12. The second kappa shape index (κ2) is 25.4. The predicted molar refractivity (Wildman–Crippen MR) is 246 cm³/mol. The first-order valence-corrected chi connectivity index (χ1v) is 23.8. The molecule has 0 heterocycles. The molecule has 3 saturated carbocycles. The third-order valence-electron chi connectivity index (χ3n) is 14.6. The molecule has 4 aliphatic rings. The quantitative estimate of drug-likeness (QED) is 0.0269. The van der Waals surface area contributed by atoms with Crippen molar-refractivity contribution in [3.8, 4) is 0 Å². The van der Waals surface area contributed by atoms with Crippen LogP contribution in [0.5, 0.6) is 0 Å². The molecule has 3 fully saturated rings. The largest absolute Gasteiger partial charge is 0.446 e. The number of fused-ring (bicyclic) bond motifs is 5. The van der Waals surface area contributed by atoms with Gasteiger partial charge in [0.25, 0.3) is 0 Å². The summed E-state index contributed by atoms with van der Waals surface area (Å²) in [6, 6.07) is -1.14. The fourth-order valence-corrected chi connectivity index (χ4v) is 11.4. The fraction of sp³-hybridized carbons (Fsp3) is 0.826. The first-order chi connectivity index (χ1) is 30.0. The minimum Gasteiger partial charge on any atom is -0.446 e. The second-order valence-corrected chi connectivity index (χ2v) is 19.4. The van der Waals surface area contributed by atoms with Crippen molar-refractivity contribution in [3.63, 3.8) is 0 Å². The molecule has 0 radical (unpaired) electrons. The zero-order valence-corrected chi connectivity index (χ0v) is 39.0. The van der Waals surface area contributed by atoms with Crippen LogP contribution in [0.15, 0.2) is 21.6 Å². The standard InChI is InChI=1S/C46H82N10O7/c1-30(2)9-6-10-31(3)35-13-14-36-34-12-11-32-27-33(15-17-45(32,4)37(34)16-18-46(35,36)5)63-44(60)55-23-24-61-25-26-62-29-40(58)56-38(41(59)52-20-8-22-54-43(49)50)28-39(57)51-19-7-21-53-42(47)48/h11,30-31,33-38H,6-10,12-29H2,1-5H3,(H,51,57)(H,52,59)(H,55,60)(H,56,58)(H4,47,48,53)(H4,49,50,54). The van der Waals surface area contributed by atoms with Crippen molar-refractivity contribution in [3.05, 3.63) is 11.6 Å². The van der Waals surface area contributed by atoms with Gasteiger partial charge in [-0.1, -0.05) is 65.5 Å². The third kappa shape index (κ3) is 15.8. The number of aliphatic imine (C=N–C) groups is 2. The number of allylic oxidation sites excluding steroid dienone is 1. The number of nitrogens with two attached hydrogens (primary N) is 4. The summed E-state index contributed by atoms with van der Waals surface area (Å²) in [4.78, 5) is 58.6. The van der Waals surface area contributed by atoms with Gasteiger partial charge in [0.1, 0.15) is 18.8 Å². The molecule has 358 valence electrons. The maximum atomic E-state index is 12.9. The molecule has 0 bridgehead atoms. The SMILES string of the molecule is CC(C)CCCC(C)C1CCC2C3CC=C4CC(OC(=O)NCCOCCOCC(=O)NC(CC(=O)NCCCN=C(N)N)C(=O)NCCCN=C(N)N)CCC4(C)C3CCC12C. The molecule has 9 atom stereocenters. The molecule has 0 aromatic heterocycles. The van der Waals surface area contributed by atoms with Crippen LogP contribution in [0.25, 0.3) is 0 Å². The molecule has 63 heavy (non-hydrogen) atoms. The van der Waals surface area contributed by atoms with Gasteiger partial charge < -0.3 is 58.4 Å². The van der Waals surface area contributed by atoms with Crippen LogP contribution in [-0.2, 0) is 28.6 Å². The lowest BCUT2D eigenvalue weighted by molar-refractivity contribution is -0.133. The van der Waals surface area contributed by atoms with Crippen molar-refractivity contribution < 1.29 is 33.4 Å². The van der Waals surface area contributed by atoms with E-state index >= 15 is 0 Å². The summed E-state index contributed by atoms with van der Waals surface area (Å²) in [5.41, 5.74) is 23.5. The Labute approximate surface area is 376 Å². The Morgan fingerprint density at radius 1 is 0.778 bits per heavy atom. The topological polar surface area (TPSA) is 273 Å². The van der Waals surface area contributed by atoms with Crippen molar-refractivity contribution in [1.82, 2.24) is 21.3 Å². The highest BCUT2D eigenvalue weighted by Crippen LogP contribution is 2.67. The van der Waals surface area contributed by atoms with Crippen molar-refractivity contribution in [2.75, 3.05) is 59.2 Å². The summed E-state index contributed by atoms with van der Waals surface area (Å²) in [6.07, 6.45) is 16.1. The number of alkyl carbamates (subject to hydrolysis) is 1. The smallest absolute Gasteiger partial charge is 0.407 e. The van der Waals surface area contributed by atoms with Crippen LogP contribution in [0.1, 0.15) is 125 Å². The third-order valence-corrected chi connectivity index (χ3v) is 14.6. The van der Waals surface area contributed by atoms with Crippen molar-refractivity contribution in [2.24, 2.45) is 79.3 Å². The van der Waals surface area contributed by atoms with E-state index in [1.807, 2.05) is 0 Å². The monoisotopic (exact) mass is 887 g/mol. The molecular formula is C46H82N10O7. The van der Waals surface area contributed by atoms with Crippen LogP contribution >= 0.6 is 0 Å². The van der Waals surface area contributed by atoms with Gasteiger partial charge in [-0.05, 0) is 104 Å². The molecule has 0 saturated heterocycles. The van der Waals surface area contributed by atoms with E-state index in [4.69, 9.17) is 37.1 Å². The lowest BCUT2D eigenvalue weighted by atomic mass is 9.47. The van der Waals surface area contributed by atoms with Crippen LogP contribution in [0.4, 0.5) is 4.79 Å². The van der Waals surface area contributed by atoms with E-state index in [9.17, 15) is 19.2 Å². The van der Waals surface area contributed by atoms with Crippen molar-refractivity contribution in [2.45, 2.75) is 137 Å². The Kier molecular flexibility index (Phi) is 20.8. The summed E-state index contributed by atoms with van der Waals surface area (Å²) < 4.78 is 17.0. The molecule has 17 nitrogen and oxygen atoms in total. The summed E-state index contributed by atoms with van der Waals surface area (Å²) >= 11 is 0. The first kappa shape index (κ1) is 51.5. The van der Waals surface area contributed by atoms with Crippen LogP contribution in [-0.4, -0.2) is 107 Å². The molecule has 0 aliphatic heterocycles. The highest BCUT2D eigenvalue weighted by atomic mass is 16.6. The lowest BCUT2D eigenvalue weighted by Gasteiger charge is -2.58.